The van der Waals surface area contributed by atoms with Gasteiger partial charge >= 0.3 is 5.69 Å². The van der Waals surface area contributed by atoms with Gasteiger partial charge < -0.3 is 10.1 Å². The quantitative estimate of drug-likeness (QED) is 0.601. The van der Waals surface area contributed by atoms with Crippen LogP contribution in [0.5, 0.6) is 5.88 Å². The average Bonchev–Trinajstić information content (AvgIpc) is 3.19. The summed E-state index contributed by atoms with van der Waals surface area (Å²) in [5.41, 5.74) is -0.155. The Bertz CT molecular complexity index is 474. The molecule has 0 atom stereocenters. The number of anilines is 1. The second kappa shape index (κ2) is 5.81. The number of rotatable bonds is 7. The van der Waals surface area contributed by atoms with E-state index < -0.39 is 4.92 Å². The van der Waals surface area contributed by atoms with E-state index in [-0.39, 0.29) is 23.4 Å². The summed E-state index contributed by atoms with van der Waals surface area (Å²) in [6.07, 6.45) is 3.43. The predicted molar refractivity (Wildman–Crippen MR) is 70.5 cm³/mol. The van der Waals surface area contributed by atoms with E-state index in [1.165, 1.54) is 0 Å². The zero-order valence-corrected chi connectivity index (χ0v) is 11.2. The van der Waals surface area contributed by atoms with Crippen molar-refractivity contribution in [2.24, 2.45) is 0 Å². The first-order valence-electron chi connectivity index (χ1n) is 6.60. The van der Waals surface area contributed by atoms with Gasteiger partial charge in [-0.1, -0.05) is 13.8 Å². The van der Waals surface area contributed by atoms with Crippen LogP contribution >= 0.6 is 0 Å². The van der Waals surface area contributed by atoms with E-state index in [1.807, 2.05) is 13.8 Å². The molecule has 0 radical (unpaired) electrons. The van der Waals surface area contributed by atoms with Crippen LogP contribution in [0.25, 0.3) is 0 Å². The Labute approximate surface area is 111 Å². The number of nitro groups is 1. The molecule has 104 valence electrons. The largest absolute Gasteiger partial charge is 0.473 e. The van der Waals surface area contributed by atoms with Gasteiger partial charge in [0.25, 0.3) is 5.88 Å². The number of nitrogens with zero attached hydrogens (tertiary/aromatic N) is 3. The molecule has 7 nitrogen and oxygen atoms in total. The van der Waals surface area contributed by atoms with Crippen molar-refractivity contribution < 1.29 is 9.66 Å². The van der Waals surface area contributed by atoms with E-state index in [2.05, 4.69) is 15.3 Å². The van der Waals surface area contributed by atoms with Crippen molar-refractivity contribution >= 4 is 11.5 Å². The zero-order chi connectivity index (χ0) is 13.8. The number of hydrogen-bond acceptors (Lipinski definition) is 6. The Balaban J connectivity index is 2.38. The first-order valence-corrected chi connectivity index (χ1v) is 6.60. The van der Waals surface area contributed by atoms with Gasteiger partial charge in [-0.2, -0.15) is 4.98 Å². The maximum Gasteiger partial charge on any atom is 0.372 e. The van der Waals surface area contributed by atoms with Crippen molar-refractivity contribution in [3.05, 3.63) is 15.9 Å². The van der Waals surface area contributed by atoms with Crippen molar-refractivity contribution in [3.63, 3.8) is 0 Å². The second-order valence-corrected chi connectivity index (χ2v) is 4.52. The minimum atomic E-state index is -0.477. The highest BCUT2D eigenvalue weighted by molar-refractivity contribution is 5.62. The van der Waals surface area contributed by atoms with Crippen molar-refractivity contribution in [1.29, 1.82) is 0 Å². The van der Waals surface area contributed by atoms with Gasteiger partial charge in [0.15, 0.2) is 0 Å². The van der Waals surface area contributed by atoms with Gasteiger partial charge in [0.2, 0.25) is 5.82 Å². The van der Waals surface area contributed by atoms with Crippen LogP contribution in [-0.2, 0) is 6.42 Å². The Kier molecular flexibility index (Phi) is 4.13. The summed E-state index contributed by atoms with van der Waals surface area (Å²) >= 11 is 0. The van der Waals surface area contributed by atoms with Crippen LogP contribution in [0.4, 0.5) is 11.5 Å². The van der Waals surface area contributed by atoms with Crippen LogP contribution in [0.1, 0.15) is 38.9 Å². The molecule has 0 aliphatic heterocycles. The minimum absolute atomic E-state index is 0.0712. The molecule has 2 rings (SSSR count). The molecule has 0 amide bonds. The van der Waals surface area contributed by atoms with Crippen molar-refractivity contribution in [2.75, 3.05) is 11.9 Å². The molecule has 0 aromatic carbocycles. The first kappa shape index (κ1) is 13.5. The normalized spacial score (nSPS) is 14.2. The highest BCUT2D eigenvalue weighted by Crippen LogP contribution is 2.35. The number of hydrogen-bond donors (Lipinski definition) is 1. The summed E-state index contributed by atoms with van der Waals surface area (Å²) in [6.45, 7) is 4.26. The zero-order valence-electron chi connectivity index (χ0n) is 11.2. The lowest BCUT2D eigenvalue weighted by molar-refractivity contribution is -0.385. The van der Waals surface area contributed by atoms with E-state index in [0.29, 0.717) is 18.9 Å². The van der Waals surface area contributed by atoms with E-state index in [4.69, 9.17) is 4.74 Å². The maximum atomic E-state index is 11.2. The van der Waals surface area contributed by atoms with Crippen molar-refractivity contribution in [1.82, 2.24) is 9.97 Å². The smallest absolute Gasteiger partial charge is 0.372 e. The molecule has 0 bridgehead atoms. The minimum Gasteiger partial charge on any atom is -0.473 e. The highest BCUT2D eigenvalue weighted by atomic mass is 16.6. The molecule has 19 heavy (non-hydrogen) atoms. The van der Waals surface area contributed by atoms with E-state index >= 15 is 0 Å². The summed E-state index contributed by atoms with van der Waals surface area (Å²) < 4.78 is 5.40. The first-order chi connectivity index (χ1) is 9.15. The van der Waals surface area contributed by atoms with E-state index in [9.17, 15) is 10.1 Å². The molecule has 7 heteroatoms. The summed E-state index contributed by atoms with van der Waals surface area (Å²) in [5, 5.41) is 14.3. The van der Waals surface area contributed by atoms with E-state index in [1.54, 1.807) is 0 Å². The van der Waals surface area contributed by atoms with Crippen LogP contribution in [0, 0.1) is 10.1 Å². The van der Waals surface area contributed by atoms with Crippen molar-refractivity contribution in [2.45, 2.75) is 45.6 Å². The Morgan fingerprint density at radius 3 is 2.68 bits per heavy atom. The molecule has 0 spiro atoms. The summed E-state index contributed by atoms with van der Waals surface area (Å²) in [4.78, 5) is 19.1. The SMILES string of the molecule is CCCOc1nc(CC)nc(NC2CC2)c1[N+](=O)[O-]. The molecule has 0 unspecified atom stereocenters. The molecular formula is C12H18N4O3. The van der Waals surface area contributed by atoms with Crippen LogP contribution < -0.4 is 10.1 Å². The van der Waals surface area contributed by atoms with Gasteiger partial charge in [-0.3, -0.25) is 10.1 Å². The van der Waals surface area contributed by atoms with Gasteiger partial charge in [-0.05, 0) is 19.3 Å². The third-order valence-electron chi connectivity index (χ3n) is 2.76. The topological polar surface area (TPSA) is 90.2 Å². The monoisotopic (exact) mass is 266 g/mol. The molecule has 1 fully saturated rings. The van der Waals surface area contributed by atoms with E-state index in [0.717, 1.165) is 19.3 Å². The number of aryl methyl sites for hydroxylation is 1. The third-order valence-corrected chi connectivity index (χ3v) is 2.76. The van der Waals surface area contributed by atoms with Crippen LogP contribution in [0.3, 0.4) is 0 Å². The van der Waals surface area contributed by atoms with Gasteiger partial charge in [-0.25, -0.2) is 4.98 Å². The lowest BCUT2D eigenvalue weighted by Crippen LogP contribution is -2.12. The second-order valence-electron chi connectivity index (χ2n) is 4.52. The molecule has 1 aromatic heterocycles. The molecule has 1 aliphatic rings. The Morgan fingerprint density at radius 2 is 2.16 bits per heavy atom. The van der Waals surface area contributed by atoms with Gasteiger partial charge in [0, 0.05) is 12.5 Å². The molecular weight excluding hydrogens is 248 g/mol. The Morgan fingerprint density at radius 1 is 1.42 bits per heavy atom. The molecule has 1 aromatic rings. The fourth-order valence-corrected chi connectivity index (χ4v) is 1.62. The van der Waals surface area contributed by atoms with Crippen LogP contribution in [0.2, 0.25) is 0 Å². The summed E-state index contributed by atoms with van der Waals surface area (Å²) in [7, 11) is 0. The third kappa shape index (κ3) is 3.30. The van der Waals surface area contributed by atoms with Gasteiger partial charge in [-0.15, -0.1) is 0 Å². The highest BCUT2D eigenvalue weighted by Gasteiger charge is 2.30. The average molecular weight is 266 g/mol. The maximum absolute atomic E-state index is 11.2. The molecule has 1 saturated carbocycles. The number of ether oxygens (including phenoxy) is 1. The van der Waals surface area contributed by atoms with Gasteiger partial charge in [0.1, 0.15) is 5.82 Å². The van der Waals surface area contributed by atoms with Crippen molar-refractivity contribution in [3.8, 4) is 5.88 Å². The lowest BCUT2D eigenvalue weighted by atomic mass is 10.3. The summed E-state index contributed by atoms with van der Waals surface area (Å²) in [5.74, 6) is 0.909. The lowest BCUT2D eigenvalue weighted by Gasteiger charge is -2.10. The fraction of sp³-hybridized carbons (Fsp3) is 0.667. The standard InChI is InChI=1S/C12H18N4O3/c1-3-7-19-12-10(16(17)18)11(13-8-5-6-8)14-9(4-2)15-12/h8H,3-7H2,1-2H3,(H,13,14,15). The summed E-state index contributed by atoms with van der Waals surface area (Å²) in [6, 6.07) is 0.289. The van der Waals surface area contributed by atoms with Crippen LogP contribution in [-0.4, -0.2) is 27.5 Å². The molecule has 0 saturated heterocycles. The molecule has 1 aliphatic carbocycles. The number of nitrogens with one attached hydrogen (secondary N) is 1. The van der Waals surface area contributed by atoms with Crippen LogP contribution in [0.15, 0.2) is 0 Å². The number of aromatic nitrogens is 2. The molecule has 1 heterocycles. The predicted octanol–water partition coefficient (Wildman–Crippen LogP) is 2.31. The fourth-order valence-electron chi connectivity index (χ4n) is 1.62. The van der Waals surface area contributed by atoms with Gasteiger partial charge in [0.05, 0.1) is 11.5 Å². The molecule has 1 N–H and O–H groups in total. The Hall–Kier alpha value is -1.92.